The molecular formula is C21H25N3O3. The molecule has 6 nitrogen and oxygen atoms in total. The van der Waals surface area contributed by atoms with E-state index in [2.05, 4.69) is 9.80 Å². The van der Waals surface area contributed by atoms with E-state index in [0.717, 1.165) is 43.1 Å². The lowest BCUT2D eigenvalue weighted by molar-refractivity contribution is 0.0746. The van der Waals surface area contributed by atoms with Crippen molar-refractivity contribution in [1.29, 1.82) is 0 Å². The summed E-state index contributed by atoms with van der Waals surface area (Å²) in [5, 5.41) is 9.68. The highest BCUT2D eigenvalue weighted by Gasteiger charge is 2.25. The molecule has 0 aromatic heterocycles. The van der Waals surface area contributed by atoms with E-state index in [1.165, 1.54) is 0 Å². The molecule has 142 valence electrons. The number of morpholine rings is 1. The van der Waals surface area contributed by atoms with E-state index in [4.69, 9.17) is 4.74 Å². The second-order valence-corrected chi connectivity index (χ2v) is 6.92. The number of anilines is 2. The van der Waals surface area contributed by atoms with Gasteiger partial charge in [0.1, 0.15) is 5.75 Å². The SMILES string of the molecule is O=C(c1ccccc1N1CCOCC1)N1CCN(c2cccc(O)c2)CC1. The normalized spacial score (nSPS) is 17.9. The van der Waals surface area contributed by atoms with E-state index in [9.17, 15) is 9.90 Å². The summed E-state index contributed by atoms with van der Waals surface area (Å²) in [6.45, 7) is 5.89. The van der Waals surface area contributed by atoms with E-state index in [1.54, 1.807) is 12.1 Å². The highest BCUT2D eigenvalue weighted by atomic mass is 16.5. The molecule has 0 radical (unpaired) electrons. The van der Waals surface area contributed by atoms with Gasteiger partial charge >= 0.3 is 0 Å². The molecule has 0 saturated carbocycles. The Kier molecular flexibility index (Phi) is 5.16. The van der Waals surface area contributed by atoms with E-state index in [-0.39, 0.29) is 11.7 Å². The van der Waals surface area contributed by atoms with Gasteiger partial charge in [-0.05, 0) is 24.3 Å². The number of benzene rings is 2. The molecule has 2 aromatic rings. The first kappa shape index (κ1) is 17.7. The Morgan fingerprint density at radius 1 is 0.852 bits per heavy atom. The van der Waals surface area contributed by atoms with Crippen LogP contribution < -0.4 is 9.80 Å². The molecule has 0 atom stereocenters. The summed E-state index contributed by atoms with van der Waals surface area (Å²) in [7, 11) is 0. The van der Waals surface area contributed by atoms with Crippen molar-refractivity contribution < 1.29 is 14.6 Å². The maximum atomic E-state index is 13.2. The minimum absolute atomic E-state index is 0.0904. The molecular weight excluding hydrogens is 342 g/mol. The van der Waals surface area contributed by atoms with Crippen molar-refractivity contribution >= 4 is 17.3 Å². The first-order valence-corrected chi connectivity index (χ1v) is 9.47. The molecule has 0 aliphatic carbocycles. The topological polar surface area (TPSA) is 56.2 Å². The Morgan fingerprint density at radius 2 is 1.59 bits per heavy atom. The van der Waals surface area contributed by atoms with E-state index >= 15 is 0 Å². The number of nitrogens with zero attached hydrogens (tertiary/aromatic N) is 3. The van der Waals surface area contributed by atoms with Crippen LogP contribution in [0.15, 0.2) is 48.5 Å². The van der Waals surface area contributed by atoms with Gasteiger partial charge in [-0.3, -0.25) is 4.79 Å². The summed E-state index contributed by atoms with van der Waals surface area (Å²) < 4.78 is 5.44. The quantitative estimate of drug-likeness (QED) is 0.901. The Morgan fingerprint density at radius 3 is 2.33 bits per heavy atom. The Balaban J connectivity index is 1.45. The molecule has 1 N–H and O–H groups in total. The summed E-state index contributed by atoms with van der Waals surface area (Å²) in [5.74, 6) is 0.359. The Labute approximate surface area is 159 Å². The molecule has 0 unspecified atom stereocenters. The average molecular weight is 367 g/mol. The van der Waals surface area contributed by atoms with Gasteiger partial charge in [0.15, 0.2) is 0 Å². The summed E-state index contributed by atoms with van der Waals surface area (Å²) in [4.78, 5) is 19.5. The third-order valence-electron chi connectivity index (χ3n) is 5.25. The predicted molar refractivity (Wildman–Crippen MR) is 106 cm³/mol. The van der Waals surface area contributed by atoms with Crippen LogP contribution in [0.2, 0.25) is 0 Å². The van der Waals surface area contributed by atoms with E-state index in [1.807, 2.05) is 41.3 Å². The largest absolute Gasteiger partial charge is 0.508 e. The van der Waals surface area contributed by atoms with Crippen LogP contribution in [-0.2, 0) is 4.74 Å². The van der Waals surface area contributed by atoms with Crippen LogP contribution in [0.3, 0.4) is 0 Å². The lowest BCUT2D eigenvalue weighted by atomic mass is 10.1. The van der Waals surface area contributed by atoms with Crippen LogP contribution in [0, 0.1) is 0 Å². The number of hydrogen-bond donors (Lipinski definition) is 1. The van der Waals surface area contributed by atoms with Gasteiger partial charge < -0.3 is 24.5 Å². The minimum Gasteiger partial charge on any atom is -0.508 e. The lowest BCUT2D eigenvalue weighted by Gasteiger charge is -2.37. The molecule has 0 spiro atoms. The predicted octanol–water partition coefficient (Wildman–Crippen LogP) is 2.19. The van der Waals surface area contributed by atoms with Gasteiger partial charge in [0.05, 0.1) is 18.8 Å². The van der Waals surface area contributed by atoms with Gasteiger partial charge in [-0.1, -0.05) is 18.2 Å². The third-order valence-corrected chi connectivity index (χ3v) is 5.25. The number of piperazine rings is 1. The Hall–Kier alpha value is -2.73. The summed E-state index contributed by atoms with van der Waals surface area (Å²) in [6.07, 6.45) is 0. The van der Waals surface area contributed by atoms with Crippen molar-refractivity contribution in [1.82, 2.24) is 4.90 Å². The molecule has 2 saturated heterocycles. The van der Waals surface area contributed by atoms with Gasteiger partial charge in [0.2, 0.25) is 0 Å². The van der Waals surface area contributed by atoms with Crippen LogP contribution >= 0.6 is 0 Å². The van der Waals surface area contributed by atoms with E-state index < -0.39 is 0 Å². The molecule has 0 bridgehead atoms. The first-order valence-electron chi connectivity index (χ1n) is 9.47. The fourth-order valence-electron chi connectivity index (χ4n) is 3.76. The maximum Gasteiger partial charge on any atom is 0.256 e. The number of phenols is 1. The van der Waals surface area contributed by atoms with Crippen LogP contribution in [-0.4, -0.2) is 68.4 Å². The molecule has 2 fully saturated rings. The number of aromatic hydroxyl groups is 1. The number of carbonyl (C=O) groups is 1. The Bertz CT molecular complexity index is 797. The van der Waals surface area contributed by atoms with Crippen molar-refractivity contribution in [3.63, 3.8) is 0 Å². The van der Waals surface area contributed by atoms with E-state index in [0.29, 0.717) is 26.3 Å². The van der Waals surface area contributed by atoms with Gasteiger partial charge in [0.25, 0.3) is 5.91 Å². The monoisotopic (exact) mass is 367 g/mol. The number of rotatable bonds is 3. The van der Waals surface area contributed by atoms with Crippen LogP contribution in [0.5, 0.6) is 5.75 Å². The third kappa shape index (κ3) is 3.85. The van der Waals surface area contributed by atoms with Crippen molar-refractivity contribution in [2.24, 2.45) is 0 Å². The van der Waals surface area contributed by atoms with Crippen molar-refractivity contribution in [3.8, 4) is 5.75 Å². The zero-order valence-electron chi connectivity index (χ0n) is 15.4. The first-order chi connectivity index (χ1) is 13.2. The highest BCUT2D eigenvalue weighted by molar-refractivity contribution is 6.00. The molecule has 2 heterocycles. The number of phenolic OH excluding ortho intramolecular Hbond substituents is 1. The van der Waals surface area contributed by atoms with Crippen LogP contribution in [0.25, 0.3) is 0 Å². The second kappa shape index (κ2) is 7.88. The molecule has 4 rings (SSSR count). The molecule has 1 amide bonds. The smallest absolute Gasteiger partial charge is 0.256 e. The van der Waals surface area contributed by atoms with Gasteiger partial charge in [-0.2, -0.15) is 0 Å². The zero-order chi connectivity index (χ0) is 18.6. The summed E-state index contributed by atoms with van der Waals surface area (Å²) in [5.41, 5.74) is 2.77. The minimum atomic E-state index is 0.0904. The summed E-state index contributed by atoms with van der Waals surface area (Å²) in [6, 6.07) is 15.2. The molecule has 6 heteroatoms. The average Bonchev–Trinajstić information content (AvgIpc) is 2.74. The number of carbonyl (C=O) groups excluding carboxylic acids is 1. The molecule has 27 heavy (non-hydrogen) atoms. The van der Waals surface area contributed by atoms with Crippen LogP contribution in [0.1, 0.15) is 10.4 Å². The highest BCUT2D eigenvalue weighted by Crippen LogP contribution is 2.25. The maximum absolute atomic E-state index is 13.2. The molecule has 2 aliphatic rings. The van der Waals surface area contributed by atoms with Crippen molar-refractivity contribution in [2.45, 2.75) is 0 Å². The van der Waals surface area contributed by atoms with Crippen molar-refractivity contribution in [3.05, 3.63) is 54.1 Å². The van der Waals surface area contributed by atoms with Gasteiger partial charge in [-0.15, -0.1) is 0 Å². The number of para-hydroxylation sites is 1. The number of amides is 1. The summed E-state index contributed by atoms with van der Waals surface area (Å²) >= 11 is 0. The standard InChI is InChI=1S/C21H25N3O3/c25-18-5-3-4-17(16-18)22-8-10-24(11-9-22)21(26)19-6-1-2-7-20(19)23-12-14-27-15-13-23/h1-7,16,25H,8-15H2. The number of hydrogen-bond acceptors (Lipinski definition) is 5. The van der Waals surface area contributed by atoms with Crippen LogP contribution in [0.4, 0.5) is 11.4 Å². The lowest BCUT2D eigenvalue weighted by Crippen LogP contribution is -2.49. The van der Waals surface area contributed by atoms with Gasteiger partial charge in [0, 0.05) is 56.7 Å². The van der Waals surface area contributed by atoms with Crippen molar-refractivity contribution in [2.75, 3.05) is 62.3 Å². The fraction of sp³-hybridized carbons (Fsp3) is 0.381. The fourth-order valence-corrected chi connectivity index (χ4v) is 3.76. The molecule has 2 aliphatic heterocycles. The zero-order valence-corrected chi connectivity index (χ0v) is 15.4. The number of ether oxygens (including phenoxy) is 1. The van der Waals surface area contributed by atoms with Gasteiger partial charge in [-0.25, -0.2) is 0 Å². The second-order valence-electron chi connectivity index (χ2n) is 6.92. The molecule has 2 aromatic carbocycles.